The van der Waals surface area contributed by atoms with Crippen molar-refractivity contribution in [2.24, 2.45) is 10.1 Å². The van der Waals surface area contributed by atoms with Crippen LogP contribution < -0.4 is 0 Å². The summed E-state index contributed by atoms with van der Waals surface area (Å²) < 4.78 is 5.78. The van der Waals surface area contributed by atoms with Gasteiger partial charge in [0.25, 0.3) is 5.91 Å². The van der Waals surface area contributed by atoms with Crippen LogP contribution in [0.3, 0.4) is 0 Å². The quantitative estimate of drug-likeness (QED) is 0.536. The zero-order valence-electron chi connectivity index (χ0n) is 16.3. The third-order valence-corrected chi connectivity index (χ3v) is 6.49. The standard InChI is InChI=1S/C22H14N4O4S2/c23-19-16(10-14-6-7-17(30-14)12-3-1-4-13(9-12)21(28)29)20(27)24-22-26(19)25-18(32-22)11-15-5-2-8-31-15/h1-10,23H,11H2,(H,28,29)/b16-10+,23-19?. The number of fused-ring (bicyclic) bond motifs is 1. The van der Waals surface area contributed by atoms with E-state index < -0.39 is 11.9 Å². The summed E-state index contributed by atoms with van der Waals surface area (Å²) in [5.74, 6) is -0.834. The molecule has 0 saturated carbocycles. The molecule has 5 rings (SSSR count). The number of aliphatic imine (C=N–C) groups is 1. The Morgan fingerprint density at radius 1 is 1.22 bits per heavy atom. The molecular weight excluding hydrogens is 448 g/mol. The number of aromatic carboxylic acids is 1. The number of carbonyl (C=O) groups excluding carboxylic acids is 1. The summed E-state index contributed by atoms with van der Waals surface area (Å²) in [7, 11) is 0. The number of thioether (sulfide) groups is 1. The van der Waals surface area contributed by atoms with E-state index in [1.165, 1.54) is 35.0 Å². The molecule has 1 amide bonds. The van der Waals surface area contributed by atoms with Crippen LogP contribution in [-0.2, 0) is 11.2 Å². The lowest BCUT2D eigenvalue weighted by Gasteiger charge is -2.19. The van der Waals surface area contributed by atoms with Gasteiger partial charge in [-0.15, -0.1) is 11.3 Å². The highest BCUT2D eigenvalue weighted by Crippen LogP contribution is 2.31. The number of nitrogens with zero attached hydrogens (tertiary/aromatic N) is 3. The number of furan rings is 1. The number of carboxylic acid groups (broad SMARTS) is 1. The number of benzene rings is 1. The van der Waals surface area contributed by atoms with Crippen molar-refractivity contribution in [2.45, 2.75) is 6.42 Å². The largest absolute Gasteiger partial charge is 0.478 e. The van der Waals surface area contributed by atoms with E-state index in [0.29, 0.717) is 28.7 Å². The molecule has 0 unspecified atom stereocenters. The molecule has 2 aromatic heterocycles. The third-order valence-electron chi connectivity index (χ3n) is 4.71. The Morgan fingerprint density at radius 2 is 2.09 bits per heavy atom. The number of thiophene rings is 1. The Bertz CT molecular complexity index is 1350. The zero-order valence-corrected chi connectivity index (χ0v) is 17.9. The number of hydrogen-bond acceptors (Lipinski definition) is 7. The summed E-state index contributed by atoms with van der Waals surface area (Å²) in [6.45, 7) is 0. The fourth-order valence-corrected chi connectivity index (χ4v) is 4.91. The Balaban J connectivity index is 1.40. The lowest BCUT2D eigenvalue weighted by atomic mass is 10.1. The van der Waals surface area contributed by atoms with Crippen molar-refractivity contribution >= 4 is 57.1 Å². The van der Waals surface area contributed by atoms with Gasteiger partial charge in [0.15, 0.2) is 5.84 Å². The summed E-state index contributed by atoms with van der Waals surface area (Å²) in [4.78, 5) is 29.0. The maximum Gasteiger partial charge on any atom is 0.335 e. The highest BCUT2D eigenvalue weighted by molar-refractivity contribution is 8.27. The molecule has 158 valence electrons. The molecule has 0 spiro atoms. The third kappa shape index (κ3) is 3.81. The Labute approximate surface area is 190 Å². The average Bonchev–Trinajstić information content (AvgIpc) is 3.53. The number of carboxylic acids is 1. The van der Waals surface area contributed by atoms with E-state index in [4.69, 9.17) is 9.83 Å². The minimum absolute atomic E-state index is 0.0654. The van der Waals surface area contributed by atoms with E-state index >= 15 is 0 Å². The number of hydrogen-bond donors (Lipinski definition) is 2. The lowest BCUT2D eigenvalue weighted by Crippen LogP contribution is -2.35. The highest BCUT2D eigenvalue weighted by atomic mass is 32.2. The van der Waals surface area contributed by atoms with Crippen molar-refractivity contribution < 1.29 is 19.1 Å². The average molecular weight is 463 g/mol. The van der Waals surface area contributed by atoms with Crippen LogP contribution in [0.15, 0.2) is 74.0 Å². The van der Waals surface area contributed by atoms with Gasteiger partial charge in [-0.1, -0.05) is 18.2 Å². The first kappa shape index (κ1) is 20.2. The molecule has 10 heteroatoms. The van der Waals surface area contributed by atoms with E-state index in [0.717, 1.165) is 9.92 Å². The molecule has 4 heterocycles. The van der Waals surface area contributed by atoms with Crippen LogP contribution in [0.2, 0.25) is 0 Å². The maximum absolute atomic E-state index is 12.6. The summed E-state index contributed by atoms with van der Waals surface area (Å²) in [5.41, 5.74) is 0.807. The van der Waals surface area contributed by atoms with Crippen molar-refractivity contribution in [1.29, 1.82) is 5.41 Å². The number of amides is 1. The second-order valence-corrected chi connectivity index (χ2v) is 8.93. The van der Waals surface area contributed by atoms with Crippen molar-refractivity contribution in [2.75, 3.05) is 0 Å². The van der Waals surface area contributed by atoms with Crippen molar-refractivity contribution in [3.63, 3.8) is 0 Å². The Kier molecular flexibility index (Phi) is 5.08. The van der Waals surface area contributed by atoms with Crippen LogP contribution in [0.1, 0.15) is 21.0 Å². The molecule has 0 fully saturated rings. The van der Waals surface area contributed by atoms with Crippen molar-refractivity contribution in [3.05, 3.63) is 75.7 Å². The molecule has 0 bridgehead atoms. The van der Waals surface area contributed by atoms with E-state index in [2.05, 4.69) is 10.1 Å². The number of amidine groups is 2. The molecule has 3 aromatic rings. The van der Waals surface area contributed by atoms with Gasteiger partial charge in [-0.25, -0.2) is 4.79 Å². The van der Waals surface area contributed by atoms with E-state index in [1.54, 1.807) is 35.6 Å². The Hall–Kier alpha value is -3.76. The highest BCUT2D eigenvalue weighted by Gasteiger charge is 2.35. The molecule has 2 aliphatic heterocycles. The molecule has 32 heavy (non-hydrogen) atoms. The first-order chi connectivity index (χ1) is 15.5. The fourth-order valence-electron chi connectivity index (χ4n) is 3.20. The lowest BCUT2D eigenvalue weighted by molar-refractivity contribution is -0.114. The van der Waals surface area contributed by atoms with Gasteiger partial charge in [0.1, 0.15) is 16.6 Å². The topological polar surface area (TPSA) is 119 Å². The van der Waals surface area contributed by atoms with Crippen LogP contribution >= 0.6 is 23.1 Å². The number of hydrazone groups is 1. The first-order valence-corrected chi connectivity index (χ1v) is 11.1. The molecule has 0 atom stereocenters. The molecule has 1 aromatic carbocycles. The summed E-state index contributed by atoms with van der Waals surface area (Å²) in [5, 5.41) is 26.6. The molecule has 2 aliphatic rings. The maximum atomic E-state index is 12.6. The number of nitrogens with one attached hydrogen (secondary N) is 1. The van der Waals surface area contributed by atoms with Gasteiger partial charge in [0, 0.05) is 16.9 Å². The van der Waals surface area contributed by atoms with Gasteiger partial charge in [0.05, 0.1) is 11.1 Å². The fraction of sp³-hybridized carbons (Fsp3) is 0.0455. The van der Waals surface area contributed by atoms with Crippen LogP contribution in [0.5, 0.6) is 0 Å². The van der Waals surface area contributed by atoms with E-state index in [1.807, 2.05) is 17.5 Å². The molecule has 0 aliphatic carbocycles. The van der Waals surface area contributed by atoms with Gasteiger partial charge < -0.3 is 9.52 Å². The second-order valence-electron chi connectivity index (χ2n) is 6.86. The minimum atomic E-state index is -1.03. The summed E-state index contributed by atoms with van der Waals surface area (Å²) in [6, 6.07) is 13.7. The number of rotatable bonds is 5. The Morgan fingerprint density at radius 3 is 2.88 bits per heavy atom. The van der Waals surface area contributed by atoms with Gasteiger partial charge in [0.2, 0.25) is 5.17 Å². The molecule has 0 radical (unpaired) electrons. The van der Waals surface area contributed by atoms with Gasteiger partial charge in [-0.2, -0.15) is 15.1 Å². The molecule has 8 nitrogen and oxygen atoms in total. The normalized spacial score (nSPS) is 16.9. The van der Waals surface area contributed by atoms with Crippen LogP contribution in [-0.4, -0.2) is 38.0 Å². The summed E-state index contributed by atoms with van der Waals surface area (Å²) >= 11 is 2.91. The predicted molar refractivity (Wildman–Crippen MR) is 124 cm³/mol. The predicted octanol–water partition coefficient (Wildman–Crippen LogP) is 4.57. The number of carbonyl (C=O) groups is 2. The summed E-state index contributed by atoms with van der Waals surface area (Å²) in [6.07, 6.45) is 2.07. The molecule has 2 N–H and O–H groups in total. The van der Waals surface area contributed by atoms with Gasteiger partial charge in [-0.05, 0) is 53.5 Å². The van der Waals surface area contributed by atoms with Gasteiger partial charge in [-0.3, -0.25) is 10.2 Å². The van der Waals surface area contributed by atoms with Crippen molar-refractivity contribution in [1.82, 2.24) is 5.01 Å². The van der Waals surface area contributed by atoms with Crippen LogP contribution in [0, 0.1) is 5.41 Å². The molecule has 0 saturated heterocycles. The van der Waals surface area contributed by atoms with E-state index in [-0.39, 0.29) is 17.0 Å². The van der Waals surface area contributed by atoms with E-state index in [9.17, 15) is 14.7 Å². The monoisotopic (exact) mass is 462 g/mol. The SMILES string of the molecule is N=C1/C(=C\c2ccc(-c3cccc(C(=O)O)c3)o2)C(=O)N=C2SC(Cc3cccs3)=NN12. The van der Waals surface area contributed by atoms with Crippen molar-refractivity contribution in [3.8, 4) is 11.3 Å². The zero-order chi connectivity index (χ0) is 22.2. The first-order valence-electron chi connectivity index (χ1n) is 9.43. The smallest absolute Gasteiger partial charge is 0.335 e. The molecular formula is C22H14N4O4S2. The van der Waals surface area contributed by atoms with Crippen LogP contribution in [0.4, 0.5) is 0 Å². The van der Waals surface area contributed by atoms with Crippen LogP contribution in [0.25, 0.3) is 17.4 Å². The second kappa shape index (κ2) is 8.06. The minimum Gasteiger partial charge on any atom is -0.478 e. The van der Waals surface area contributed by atoms with Gasteiger partial charge >= 0.3 is 5.97 Å².